The van der Waals surface area contributed by atoms with E-state index in [9.17, 15) is 14.7 Å². The molecule has 1 aliphatic heterocycles. The number of carbonyl (C=O) groups is 2. The van der Waals surface area contributed by atoms with E-state index < -0.39 is 16.9 Å². The van der Waals surface area contributed by atoms with Crippen LogP contribution in [0.5, 0.6) is 0 Å². The lowest BCUT2D eigenvalue weighted by Crippen LogP contribution is -2.43. The number of carbonyl (C=O) groups excluding carboxylic acids is 2. The van der Waals surface area contributed by atoms with Crippen molar-refractivity contribution < 1.29 is 14.7 Å². The third kappa shape index (κ3) is 2.64. The quantitative estimate of drug-likeness (QED) is 0.908. The van der Waals surface area contributed by atoms with Gasteiger partial charge >= 0.3 is 0 Å². The van der Waals surface area contributed by atoms with Gasteiger partial charge in [0, 0.05) is 28.4 Å². The van der Waals surface area contributed by atoms with Crippen LogP contribution in [-0.2, 0) is 15.2 Å². The van der Waals surface area contributed by atoms with Crippen molar-refractivity contribution in [3.8, 4) is 0 Å². The molecule has 21 heavy (non-hydrogen) atoms. The van der Waals surface area contributed by atoms with Gasteiger partial charge in [0.2, 0.25) is 0 Å². The Morgan fingerprint density at radius 1 is 1.38 bits per heavy atom. The van der Waals surface area contributed by atoms with Crippen LogP contribution < -0.4 is 4.90 Å². The summed E-state index contributed by atoms with van der Waals surface area (Å²) in [6.07, 6.45) is -0.199. The Hall–Kier alpha value is -1.20. The predicted molar refractivity (Wildman–Crippen MR) is 85.1 cm³/mol. The summed E-state index contributed by atoms with van der Waals surface area (Å²) in [5, 5.41) is 10.9. The first kappa shape index (κ1) is 16.2. The summed E-state index contributed by atoms with van der Waals surface area (Å²) in [7, 11) is 0. The Kier molecular flexibility index (Phi) is 4.02. The number of rotatable bonds is 3. The SMILES string of the molecule is CCN1C(=O)C(O)(CC(=O)C(C)(C)C)c2cc(Br)ccc21. The third-order valence-corrected chi connectivity index (χ3v) is 4.36. The number of Topliss-reactive ketones (excluding diaryl/α,β-unsaturated/α-hetero) is 1. The first-order chi connectivity index (χ1) is 9.61. The molecule has 0 saturated carbocycles. The van der Waals surface area contributed by atoms with Crippen LogP contribution in [0.2, 0.25) is 0 Å². The first-order valence-corrected chi connectivity index (χ1v) is 7.78. The maximum atomic E-state index is 12.6. The minimum Gasteiger partial charge on any atom is -0.375 e. The molecule has 0 aliphatic carbocycles. The zero-order valence-corrected chi connectivity index (χ0v) is 14.3. The Labute approximate surface area is 133 Å². The van der Waals surface area contributed by atoms with E-state index >= 15 is 0 Å². The molecule has 0 fully saturated rings. The Morgan fingerprint density at radius 3 is 2.52 bits per heavy atom. The van der Waals surface area contributed by atoms with E-state index in [0.29, 0.717) is 17.8 Å². The second-order valence-electron chi connectivity index (χ2n) is 6.42. The van der Waals surface area contributed by atoms with Crippen LogP contribution in [0.25, 0.3) is 0 Å². The number of fused-ring (bicyclic) bond motifs is 1. The van der Waals surface area contributed by atoms with Crippen molar-refractivity contribution in [3.05, 3.63) is 28.2 Å². The maximum absolute atomic E-state index is 12.6. The lowest BCUT2D eigenvalue weighted by atomic mass is 9.81. The van der Waals surface area contributed by atoms with Gasteiger partial charge in [-0.25, -0.2) is 0 Å². The number of amides is 1. The fraction of sp³-hybridized carbons (Fsp3) is 0.500. The number of aliphatic hydroxyl groups is 1. The minimum absolute atomic E-state index is 0.137. The van der Waals surface area contributed by atoms with Gasteiger partial charge in [0.25, 0.3) is 5.91 Å². The predicted octanol–water partition coefficient (Wildman–Crippen LogP) is 3.01. The van der Waals surface area contributed by atoms with Crippen LogP contribution in [0.4, 0.5) is 5.69 Å². The van der Waals surface area contributed by atoms with E-state index in [1.54, 1.807) is 32.9 Å². The van der Waals surface area contributed by atoms with Crippen molar-refractivity contribution in [2.24, 2.45) is 5.41 Å². The molecule has 0 radical (unpaired) electrons. The summed E-state index contributed by atoms with van der Waals surface area (Å²) >= 11 is 3.36. The second kappa shape index (κ2) is 5.21. The van der Waals surface area contributed by atoms with Crippen LogP contribution in [-0.4, -0.2) is 23.3 Å². The average molecular weight is 354 g/mol. The molecule has 1 aromatic rings. The number of anilines is 1. The lowest BCUT2D eigenvalue weighted by molar-refractivity contribution is -0.144. The van der Waals surface area contributed by atoms with Gasteiger partial charge in [0.1, 0.15) is 5.78 Å². The number of benzene rings is 1. The second-order valence-corrected chi connectivity index (χ2v) is 7.34. The van der Waals surface area contributed by atoms with Crippen molar-refractivity contribution in [2.45, 2.75) is 39.7 Å². The van der Waals surface area contributed by atoms with Crippen LogP contribution in [0.1, 0.15) is 39.7 Å². The highest BCUT2D eigenvalue weighted by Crippen LogP contribution is 2.44. The van der Waals surface area contributed by atoms with E-state index in [-0.39, 0.29) is 12.2 Å². The molecule has 1 N–H and O–H groups in total. The normalized spacial score (nSPS) is 21.6. The standard InChI is InChI=1S/C16H20BrNO3/c1-5-18-12-7-6-10(17)8-11(12)16(21,14(18)20)9-13(19)15(2,3)4/h6-8,21H,5,9H2,1-4H3. The Bertz CT molecular complexity index is 606. The summed E-state index contributed by atoms with van der Waals surface area (Å²) in [4.78, 5) is 26.4. The molecule has 1 atom stereocenters. The lowest BCUT2D eigenvalue weighted by Gasteiger charge is -2.26. The van der Waals surface area contributed by atoms with Gasteiger partial charge in [0.15, 0.2) is 5.60 Å². The minimum atomic E-state index is -1.76. The van der Waals surface area contributed by atoms with E-state index in [2.05, 4.69) is 15.9 Å². The highest BCUT2D eigenvalue weighted by atomic mass is 79.9. The zero-order valence-electron chi connectivity index (χ0n) is 12.7. The van der Waals surface area contributed by atoms with E-state index in [4.69, 9.17) is 0 Å². The van der Waals surface area contributed by atoms with E-state index in [0.717, 1.165) is 4.47 Å². The molecule has 5 heteroatoms. The van der Waals surface area contributed by atoms with Gasteiger partial charge in [0.05, 0.1) is 5.69 Å². The number of hydrogen-bond acceptors (Lipinski definition) is 3. The van der Waals surface area contributed by atoms with Crippen LogP contribution in [0, 0.1) is 5.41 Å². The van der Waals surface area contributed by atoms with Gasteiger partial charge < -0.3 is 10.0 Å². The third-order valence-electron chi connectivity index (χ3n) is 3.86. The number of nitrogens with zero attached hydrogens (tertiary/aromatic N) is 1. The summed E-state index contributed by atoms with van der Waals surface area (Å²) in [5.41, 5.74) is -1.18. The molecule has 1 amide bonds. The largest absolute Gasteiger partial charge is 0.375 e. The highest BCUT2D eigenvalue weighted by Gasteiger charge is 2.51. The van der Waals surface area contributed by atoms with Gasteiger partial charge in [-0.1, -0.05) is 36.7 Å². The Balaban J connectivity index is 2.51. The first-order valence-electron chi connectivity index (χ1n) is 6.99. The molecule has 0 spiro atoms. The summed E-state index contributed by atoms with van der Waals surface area (Å²) in [5.74, 6) is -0.557. The number of halogens is 1. The average Bonchev–Trinajstić information content (AvgIpc) is 2.58. The molecule has 2 rings (SSSR count). The van der Waals surface area contributed by atoms with Crippen molar-refractivity contribution in [2.75, 3.05) is 11.4 Å². The van der Waals surface area contributed by atoms with Gasteiger partial charge in [-0.3, -0.25) is 9.59 Å². The number of hydrogen-bond donors (Lipinski definition) is 1. The smallest absolute Gasteiger partial charge is 0.264 e. The molecule has 1 heterocycles. The number of likely N-dealkylation sites (N-methyl/N-ethyl adjacent to an activating group) is 1. The molecule has 114 valence electrons. The fourth-order valence-corrected chi connectivity index (χ4v) is 2.87. The molecule has 1 unspecified atom stereocenters. The van der Waals surface area contributed by atoms with Crippen molar-refractivity contribution in [1.82, 2.24) is 0 Å². The van der Waals surface area contributed by atoms with Gasteiger partial charge in [-0.2, -0.15) is 0 Å². The van der Waals surface area contributed by atoms with Crippen LogP contribution in [0.15, 0.2) is 22.7 Å². The van der Waals surface area contributed by atoms with E-state index in [1.165, 1.54) is 4.90 Å². The summed E-state index contributed by atoms with van der Waals surface area (Å²) < 4.78 is 0.772. The molecular formula is C16H20BrNO3. The highest BCUT2D eigenvalue weighted by molar-refractivity contribution is 9.10. The molecule has 0 saturated heterocycles. The Morgan fingerprint density at radius 2 is 2.00 bits per heavy atom. The molecule has 0 bridgehead atoms. The van der Waals surface area contributed by atoms with Crippen molar-refractivity contribution >= 4 is 33.3 Å². The summed E-state index contributed by atoms with van der Waals surface area (Å²) in [6.45, 7) is 7.67. The van der Waals surface area contributed by atoms with Crippen LogP contribution in [0.3, 0.4) is 0 Å². The van der Waals surface area contributed by atoms with Gasteiger partial charge in [-0.05, 0) is 25.1 Å². The summed E-state index contributed by atoms with van der Waals surface area (Å²) in [6, 6.07) is 5.34. The van der Waals surface area contributed by atoms with Gasteiger partial charge in [-0.15, -0.1) is 0 Å². The zero-order chi connectivity index (χ0) is 16.0. The van der Waals surface area contributed by atoms with E-state index in [1.807, 2.05) is 13.0 Å². The molecule has 4 nitrogen and oxygen atoms in total. The monoisotopic (exact) mass is 353 g/mol. The van der Waals surface area contributed by atoms with Crippen molar-refractivity contribution in [1.29, 1.82) is 0 Å². The molecular weight excluding hydrogens is 334 g/mol. The molecule has 1 aliphatic rings. The van der Waals surface area contributed by atoms with Crippen molar-refractivity contribution in [3.63, 3.8) is 0 Å². The number of ketones is 1. The fourth-order valence-electron chi connectivity index (χ4n) is 2.51. The topological polar surface area (TPSA) is 57.6 Å². The molecule has 0 aromatic heterocycles. The van der Waals surface area contributed by atoms with Crippen LogP contribution >= 0.6 is 15.9 Å². The maximum Gasteiger partial charge on any atom is 0.264 e. The molecule has 1 aromatic carbocycles.